The largest absolute Gasteiger partial charge is 0.341 e. The normalized spacial score (nSPS) is 19.9. The number of halogens is 1. The molecule has 0 aromatic heterocycles. The number of likely N-dealkylation sites (tertiary alicyclic amines) is 1. The Morgan fingerprint density at radius 3 is 2.60 bits per heavy atom. The summed E-state index contributed by atoms with van der Waals surface area (Å²) in [7, 11) is -3.68. The monoisotopic (exact) mass is 300 g/mol. The number of hydrogen-bond acceptors (Lipinski definition) is 3. The van der Waals surface area contributed by atoms with E-state index in [2.05, 4.69) is 4.72 Å². The number of hydrogen-bond donors (Lipinski definition) is 1. The van der Waals surface area contributed by atoms with Crippen LogP contribution in [0.25, 0.3) is 0 Å². The number of nitrogens with one attached hydrogen (secondary N) is 1. The van der Waals surface area contributed by atoms with Crippen LogP contribution in [0.1, 0.15) is 19.8 Å². The molecule has 0 saturated carbocycles. The van der Waals surface area contributed by atoms with Crippen molar-refractivity contribution < 1.29 is 17.6 Å². The number of piperidine rings is 1. The van der Waals surface area contributed by atoms with Crippen LogP contribution in [0.5, 0.6) is 0 Å². The zero-order chi connectivity index (χ0) is 14.8. The topological polar surface area (TPSA) is 66.5 Å². The van der Waals surface area contributed by atoms with Crippen LogP contribution in [-0.4, -0.2) is 38.4 Å². The first-order valence-electron chi connectivity index (χ1n) is 6.42. The molecule has 1 aliphatic rings. The minimum atomic E-state index is -3.68. The molecule has 1 N–H and O–H groups in total. The molecular weight excluding hydrogens is 283 g/mol. The van der Waals surface area contributed by atoms with E-state index in [-0.39, 0.29) is 16.8 Å². The molecule has 1 saturated heterocycles. The Hall–Kier alpha value is -1.47. The fourth-order valence-corrected chi connectivity index (χ4v) is 3.52. The van der Waals surface area contributed by atoms with E-state index in [1.54, 1.807) is 4.90 Å². The van der Waals surface area contributed by atoms with Crippen LogP contribution in [0, 0.1) is 5.82 Å². The summed E-state index contributed by atoms with van der Waals surface area (Å²) in [4.78, 5) is 13.0. The highest BCUT2D eigenvalue weighted by Crippen LogP contribution is 2.15. The molecular formula is C13H17FN2O3S. The van der Waals surface area contributed by atoms with E-state index in [1.807, 2.05) is 0 Å². The predicted octanol–water partition coefficient (Wildman–Crippen LogP) is 1.11. The summed E-state index contributed by atoms with van der Waals surface area (Å²) in [5.41, 5.74) is 0. The number of sulfonamides is 1. The molecule has 2 rings (SSSR count). The Balaban J connectivity index is 2.08. The molecule has 1 aromatic carbocycles. The fourth-order valence-electron chi connectivity index (χ4n) is 2.26. The lowest BCUT2D eigenvalue weighted by molar-refractivity contribution is -0.130. The van der Waals surface area contributed by atoms with Crippen LogP contribution in [0.4, 0.5) is 4.39 Å². The van der Waals surface area contributed by atoms with Gasteiger partial charge in [-0.25, -0.2) is 17.5 Å². The van der Waals surface area contributed by atoms with E-state index in [0.29, 0.717) is 19.5 Å². The van der Waals surface area contributed by atoms with Gasteiger partial charge in [-0.15, -0.1) is 0 Å². The Bertz CT molecular complexity index is 586. The minimum Gasteiger partial charge on any atom is -0.341 e. The van der Waals surface area contributed by atoms with Crippen molar-refractivity contribution in [2.45, 2.75) is 30.7 Å². The zero-order valence-corrected chi connectivity index (χ0v) is 12.0. The van der Waals surface area contributed by atoms with Crippen LogP contribution in [0.15, 0.2) is 29.2 Å². The molecule has 110 valence electrons. The molecule has 1 unspecified atom stereocenters. The first-order valence-corrected chi connectivity index (χ1v) is 7.90. The van der Waals surface area contributed by atoms with Crippen molar-refractivity contribution in [1.82, 2.24) is 9.62 Å². The van der Waals surface area contributed by atoms with Gasteiger partial charge in [-0.3, -0.25) is 4.79 Å². The van der Waals surface area contributed by atoms with Crippen molar-refractivity contribution in [2.24, 2.45) is 0 Å². The Kier molecular flexibility index (Phi) is 4.39. The second kappa shape index (κ2) is 5.88. The first-order chi connectivity index (χ1) is 9.38. The zero-order valence-electron chi connectivity index (χ0n) is 11.2. The summed E-state index contributed by atoms with van der Waals surface area (Å²) in [6.07, 6.45) is 1.44. The number of rotatable bonds is 3. The van der Waals surface area contributed by atoms with Crippen LogP contribution >= 0.6 is 0 Å². The highest BCUT2D eigenvalue weighted by molar-refractivity contribution is 7.89. The molecule has 1 amide bonds. The minimum absolute atomic E-state index is 0.0267. The summed E-state index contributed by atoms with van der Waals surface area (Å²) in [5.74, 6) is -0.542. The molecule has 1 fully saturated rings. The summed E-state index contributed by atoms with van der Waals surface area (Å²) in [6, 6.07) is 4.36. The maximum atomic E-state index is 12.8. The van der Waals surface area contributed by atoms with E-state index < -0.39 is 15.8 Å². The predicted molar refractivity (Wildman–Crippen MR) is 72.0 cm³/mol. The van der Waals surface area contributed by atoms with Gasteiger partial charge in [-0.05, 0) is 37.1 Å². The molecule has 1 aromatic rings. The van der Waals surface area contributed by atoms with E-state index in [9.17, 15) is 17.6 Å². The van der Waals surface area contributed by atoms with Gasteiger partial charge in [0, 0.05) is 26.1 Å². The highest BCUT2D eigenvalue weighted by Gasteiger charge is 2.26. The van der Waals surface area contributed by atoms with Crippen LogP contribution < -0.4 is 4.72 Å². The summed E-state index contributed by atoms with van der Waals surface area (Å²) >= 11 is 0. The average molecular weight is 300 g/mol. The van der Waals surface area contributed by atoms with Gasteiger partial charge < -0.3 is 4.90 Å². The van der Waals surface area contributed by atoms with E-state index in [1.165, 1.54) is 19.1 Å². The molecule has 0 bridgehead atoms. The Morgan fingerprint density at radius 1 is 1.35 bits per heavy atom. The van der Waals surface area contributed by atoms with E-state index in [4.69, 9.17) is 0 Å². The molecule has 7 heteroatoms. The second-order valence-electron chi connectivity index (χ2n) is 4.88. The lowest BCUT2D eigenvalue weighted by atomic mass is 10.1. The van der Waals surface area contributed by atoms with Gasteiger partial charge in [0.05, 0.1) is 4.90 Å². The van der Waals surface area contributed by atoms with Crippen LogP contribution in [-0.2, 0) is 14.8 Å². The first kappa shape index (κ1) is 14.9. The Morgan fingerprint density at radius 2 is 2.00 bits per heavy atom. The van der Waals surface area contributed by atoms with Crippen molar-refractivity contribution in [2.75, 3.05) is 13.1 Å². The molecule has 20 heavy (non-hydrogen) atoms. The molecule has 0 radical (unpaired) electrons. The van der Waals surface area contributed by atoms with Gasteiger partial charge in [-0.1, -0.05) is 0 Å². The van der Waals surface area contributed by atoms with Gasteiger partial charge >= 0.3 is 0 Å². The third-order valence-electron chi connectivity index (χ3n) is 3.31. The van der Waals surface area contributed by atoms with Gasteiger partial charge in [0.2, 0.25) is 15.9 Å². The molecule has 1 atom stereocenters. The third-order valence-corrected chi connectivity index (χ3v) is 4.85. The number of carbonyl (C=O) groups excluding carboxylic acids is 1. The van der Waals surface area contributed by atoms with Crippen molar-refractivity contribution >= 4 is 15.9 Å². The smallest absolute Gasteiger partial charge is 0.240 e. The lowest BCUT2D eigenvalue weighted by Gasteiger charge is -2.32. The molecule has 0 spiro atoms. The number of carbonyl (C=O) groups is 1. The Labute approximate surface area is 117 Å². The summed E-state index contributed by atoms with van der Waals surface area (Å²) in [5, 5.41) is 0. The SMILES string of the molecule is CC(=O)N1CCCC(NS(=O)(=O)c2ccc(F)cc2)C1. The van der Waals surface area contributed by atoms with E-state index in [0.717, 1.165) is 18.6 Å². The summed E-state index contributed by atoms with van der Waals surface area (Å²) in [6.45, 7) is 2.50. The summed E-state index contributed by atoms with van der Waals surface area (Å²) < 4.78 is 39.7. The van der Waals surface area contributed by atoms with Gasteiger partial charge in [0.1, 0.15) is 5.82 Å². The maximum absolute atomic E-state index is 12.8. The standard InChI is InChI=1S/C13H17FN2O3S/c1-10(17)16-8-2-3-12(9-16)15-20(18,19)13-6-4-11(14)5-7-13/h4-7,12,15H,2-3,8-9H2,1H3. The van der Waals surface area contributed by atoms with Crippen molar-refractivity contribution in [3.63, 3.8) is 0 Å². The average Bonchev–Trinajstić information content (AvgIpc) is 2.39. The van der Waals surface area contributed by atoms with Gasteiger partial charge in [0.25, 0.3) is 0 Å². The molecule has 1 aliphatic heterocycles. The molecule has 5 nitrogen and oxygen atoms in total. The van der Waals surface area contributed by atoms with Crippen molar-refractivity contribution in [3.05, 3.63) is 30.1 Å². The van der Waals surface area contributed by atoms with Gasteiger partial charge in [0.15, 0.2) is 0 Å². The van der Waals surface area contributed by atoms with Crippen LogP contribution in [0.3, 0.4) is 0 Å². The number of benzene rings is 1. The maximum Gasteiger partial charge on any atom is 0.240 e. The van der Waals surface area contributed by atoms with Crippen molar-refractivity contribution in [1.29, 1.82) is 0 Å². The van der Waals surface area contributed by atoms with Crippen molar-refractivity contribution in [3.8, 4) is 0 Å². The highest BCUT2D eigenvalue weighted by atomic mass is 32.2. The lowest BCUT2D eigenvalue weighted by Crippen LogP contribution is -2.48. The third kappa shape index (κ3) is 3.55. The molecule has 1 heterocycles. The second-order valence-corrected chi connectivity index (χ2v) is 6.59. The van der Waals surface area contributed by atoms with Crippen LogP contribution in [0.2, 0.25) is 0 Å². The number of nitrogens with zero attached hydrogens (tertiary/aromatic N) is 1. The quantitative estimate of drug-likeness (QED) is 0.909. The van der Waals surface area contributed by atoms with E-state index >= 15 is 0 Å². The fraction of sp³-hybridized carbons (Fsp3) is 0.462. The number of amides is 1. The van der Waals surface area contributed by atoms with Gasteiger partial charge in [-0.2, -0.15) is 0 Å². The molecule has 0 aliphatic carbocycles.